The lowest BCUT2D eigenvalue weighted by Crippen LogP contribution is -2.51. The van der Waals surface area contributed by atoms with Crippen LogP contribution in [0.2, 0.25) is 36.3 Å². The van der Waals surface area contributed by atoms with Crippen molar-refractivity contribution in [3.05, 3.63) is 41.9 Å². The molecule has 0 amide bonds. The summed E-state index contributed by atoms with van der Waals surface area (Å²) in [6, 6.07) is 8.28. The second-order valence-corrected chi connectivity index (χ2v) is 24.6. The molecule has 4 atom stereocenters. The van der Waals surface area contributed by atoms with E-state index >= 15 is 0 Å². The van der Waals surface area contributed by atoms with Crippen LogP contribution in [-0.4, -0.2) is 66.3 Å². The van der Waals surface area contributed by atoms with Crippen LogP contribution >= 0.6 is 12.2 Å². The topological polar surface area (TPSA) is 74.3 Å². The van der Waals surface area contributed by atoms with Gasteiger partial charge in [0.05, 0.1) is 16.9 Å². The summed E-state index contributed by atoms with van der Waals surface area (Å²) in [6.07, 6.45) is -0.410. The molecule has 0 aromatic heterocycles. The first kappa shape index (κ1) is 30.5. The molecule has 0 bridgehead atoms. The van der Waals surface area contributed by atoms with Crippen molar-refractivity contribution in [1.29, 1.82) is 0 Å². The first-order valence-electron chi connectivity index (χ1n) is 12.7. The van der Waals surface area contributed by atoms with Gasteiger partial charge < -0.3 is 18.3 Å². The van der Waals surface area contributed by atoms with Crippen molar-refractivity contribution in [1.82, 2.24) is 4.90 Å². The summed E-state index contributed by atoms with van der Waals surface area (Å²) in [5.41, 5.74) is 0. The number of hydrogen-bond donors (Lipinski definition) is 0. The fourth-order valence-corrected chi connectivity index (χ4v) is 7.21. The van der Waals surface area contributed by atoms with E-state index in [1.54, 1.807) is 35.2 Å². The molecule has 0 unspecified atom stereocenters. The van der Waals surface area contributed by atoms with Crippen molar-refractivity contribution in [2.24, 2.45) is 0 Å². The molecule has 0 aliphatic carbocycles. The van der Waals surface area contributed by atoms with Crippen LogP contribution in [-0.2, 0) is 28.2 Å². The molecule has 2 fully saturated rings. The van der Waals surface area contributed by atoms with Gasteiger partial charge >= 0.3 is 0 Å². The molecular formula is C26H43NO6S2Si2. The predicted octanol–water partition coefficient (Wildman–Crippen LogP) is 6.05. The zero-order valence-electron chi connectivity index (χ0n) is 23.8. The standard InChI is InChI=1S/C26H43NO6S2Si2/c1-25(2,3)36(7,8)30-18-20-21(33-37(9,10)26(4,5)6)22-23(31-20)27(24(34)32-22)16-17-35(28,29)19-14-12-11-13-15-19/h11-17,20-23H,18H2,1-10H3/b17-16-/t20-,21-,22+,23-/m1/s1. The maximum atomic E-state index is 12.8. The van der Waals surface area contributed by atoms with Gasteiger partial charge in [0.1, 0.15) is 12.2 Å². The maximum Gasteiger partial charge on any atom is 0.266 e. The van der Waals surface area contributed by atoms with E-state index in [1.165, 1.54) is 6.20 Å². The highest BCUT2D eigenvalue weighted by molar-refractivity contribution is 7.94. The van der Waals surface area contributed by atoms with Gasteiger partial charge in [0.25, 0.3) is 5.17 Å². The van der Waals surface area contributed by atoms with Crippen molar-refractivity contribution in [3.8, 4) is 0 Å². The fourth-order valence-electron chi connectivity index (χ4n) is 3.62. The van der Waals surface area contributed by atoms with Crippen LogP contribution < -0.4 is 0 Å². The van der Waals surface area contributed by atoms with Crippen LogP contribution in [0.3, 0.4) is 0 Å². The number of benzene rings is 1. The number of sulfone groups is 1. The minimum atomic E-state index is -3.66. The normalized spacial score (nSPS) is 25.6. The Kier molecular flexibility index (Phi) is 8.62. The third-order valence-electron chi connectivity index (χ3n) is 8.13. The molecule has 0 N–H and O–H groups in total. The Morgan fingerprint density at radius 3 is 2.11 bits per heavy atom. The van der Waals surface area contributed by atoms with Crippen LogP contribution in [0, 0.1) is 0 Å². The number of hydrogen-bond acceptors (Lipinski definition) is 7. The molecule has 2 aliphatic rings. The Labute approximate surface area is 230 Å². The average molecular weight is 586 g/mol. The molecule has 7 nitrogen and oxygen atoms in total. The number of thiocarbonyl (C=S) groups is 1. The number of fused-ring (bicyclic) bond motifs is 1. The quantitative estimate of drug-likeness (QED) is 0.270. The van der Waals surface area contributed by atoms with Gasteiger partial charge in [0, 0.05) is 6.20 Å². The van der Waals surface area contributed by atoms with Crippen LogP contribution in [0.1, 0.15) is 41.5 Å². The Bertz CT molecular complexity index is 1110. The second-order valence-electron chi connectivity index (χ2n) is 12.9. The summed E-state index contributed by atoms with van der Waals surface area (Å²) >= 11 is 5.49. The molecule has 37 heavy (non-hydrogen) atoms. The number of ether oxygens (including phenoxy) is 2. The van der Waals surface area contributed by atoms with Crippen molar-refractivity contribution in [2.45, 2.75) is 107 Å². The molecular weight excluding hydrogens is 543 g/mol. The molecule has 2 saturated heterocycles. The lowest BCUT2D eigenvalue weighted by molar-refractivity contribution is -0.0419. The Morgan fingerprint density at radius 1 is 1.00 bits per heavy atom. The van der Waals surface area contributed by atoms with Gasteiger partial charge in [-0.25, -0.2) is 8.42 Å². The van der Waals surface area contributed by atoms with Gasteiger partial charge in [0.2, 0.25) is 9.84 Å². The minimum Gasteiger partial charge on any atom is -0.460 e. The lowest BCUT2D eigenvalue weighted by atomic mass is 10.1. The molecule has 0 radical (unpaired) electrons. The Hall–Kier alpha value is -1.09. The molecule has 208 valence electrons. The molecule has 0 spiro atoms. The summed E-state index contributed by atoms with van der Waals surface area (Å²) in [5.74, 6) is 0. The maximum absolute atomic E-state index is 12.8. The third-order valence-corrected chi connectivity index (χ3v) is 18.8. The van der Waals surface area contributed by atoms with E-state index in [2.05, 4.69) is 67.7 Å². The van der Waals surface area contributed by atoms with Crippen LogP contribution in [0.25, 0.3) is 0 Å². The lowest BCUT2D eigenvalue weighted by Gasteiger charge is -2.41. The number of nitrogens with zero attached hydrogens (tertiary/aromatic N) is 1. The monoisotopic (exact) mass is 585 g/mol. The molecule has 1 aromatic carbocycles. The zero-order valence-corrected chi connectivity index (χ0v) is 27.4. The van der Waals surface area contributed by atoms with Gasteiger partial charge in [0.15, 0.2) is 29.0 Å². The smallest absolute Gasteiger partial charge is 0.266 e. The van der Waals surface area contributed by atoms with E-state index in [4.69, 9.17) is 30.5 Å². The summed E-state index contributed by atoms with van der Waals surface area (Å²) in [7, 11) is -7.90. The minimum absolute atomic E-state index is 0.0155. The molecule has 1 aromatic rings. The zero-order chi connectivity index (χ0) is 28.0. The van der Waals surface area contributed by atoms with E-state index in [9.17, 15) is 8.42 Å². The average Bonchev–Trinajstić information content (AvgIpc) is 3.24. The van der Waals surface area contributed by atoms with Crippen LogP contribution in [0.4, 0.5) is 0 Å². The summed E-state index contributed by atoms with van der Waals surface area (Å²) in [4.78, 5) is 1.79. The van der Waals surface area contributed by atoms with Gasteiger partial charge in [-0.15, -0.1) is 0 Å². The SMILES string of the molecule is CC(C)(C)[Si](C)(C)OC[C@H]1O[C@@H]2[C@@H](OC(=S)N2/C=C\S(=O)(=O)c2ccccc2)[C@@H]1O[Si](C)(C)C(C)(C)C. The second kappa shape index (κ2) is 10.5. The first-order valence-corrected chi connectivity index (χ1v) is 20.5. The van der Waals surface area contributed by atoms with Gasteiger partial charge in [-0.2, -0.15) is 0 Å². The van der Waals surface area contributed by atoms with Crippen LogP contribution in [0.5, 0.6) is 0 Å². The largest absolute Gasteiger partial charge is 0.460 e. The highest BCUT2D eigenvalue weighted by Gasteiger charge is 2.57. The van der Waals surface area contributed by atoms with E-state index in [1.807, 2.05) is 0 Å². The Morgan fingerprint density at radius 2 is 1.57 bits per heavy atom. The molecule has 2 aliphatic heterocycles. The highest BCUT2D eigenvalue weighted by Crippen LogP contribution is 2.43. The van der Waals surface area contributed by atoms with E-state index in [-0.39, 0.29) is 26.3 Å². The van der Waals surface area contributed by atoms with Gasteiger partial charge in [-0.1, -0.05) is 59.7 Å². The van der Waals surface area contributed by atoms with Gasteiger partial charge in [-0.05, 0) is 60.6 Å². The summed E-state index contributed by atoms with van der Waals surface area (Å²) in [6.45, 7) is 22.4. The molecule has 2 heterocycles. The van der Waals surface area contributed by atoms with Crippen LogP contribution in [0.15, 0.2) is 46.8 Å². The highest BCUT2D eigenvalue weighted by atomic mass is 32.2. The Balaban J connectivity index is 1.88. The summed E-state index contributed by atoms with van der Waals surface area (Å²) in [5, 5.41) is 1.35. The number of rotatable bonds is 8. The molecule has 11 heteroatoms. The van der Waals surface area contributed by atoms with Crippen molar-refractivity contribution in [2.75, 3.05) is 6.61 Å². The molecule has 3 rings (SSSR count). The third kappa shape index (κ3) is 6.56. The fraction of sp³-hybridized carbons (Fsp3) is 0.654. The first-order chi connectivity index (χ1) is 16.8. The summed E-state index contributed by atoms with van der Waals surface area (Å²) < 4.78 is 51.7. The van der Waals surface area contributed by atoms with E-state index in [0.717, 1.165) is 5.41 Å². The van der Waals surface area contributed by atoms with E-state index in [0.29, 0.717) is 6.61 Å². The van der Waals surface area contributed by atoms with Gasteiger partial charge in [-0.3, -0.25) is 4.90 Å². The predicted molar refractivity (Wildman–Crippen MR) is 156 cm³/mol. The van der Waals surface area contributed by atoms with Crippen molar-refractivity contribution < 1.29 is 26.7 Å². The van der Waals surface area contributed by atoms with E-state index < -0.39 is 44.9 Å². The van der Waals surface area contributed by atoms with Crippen molar-refractivity contribution >= 4 is 43.9 Å². The molecule has 0 saturated carbocycles. The van der Waals surface area contributed by atoms with Crippen molar-refractivity contribution in [3.63, 3.8) is 0 Å².